The molecule has 3 heteroatoms. The van der Waals surface area contributed by atoms with Gasteiger partial charge in [-0.15, -0.1) is 0 Å². The van der Waals surface area contributed by atoms with Crippen molar-refractivity contribution in [1.29, 1.82) is 0 Å². The maximum Gasteiger partial charge on any atom is 0.0627 e. The summed E-state index contributed by atoms with van der Waals surface area (Å²) in [6.45, 7) is 0. The van der Waals surface area contributed by atoms with Crippen LogP contribution in [0.15, 0.2) is 24.5 Å². The molecule has 3 nitrogen and oxygen atoms in total. The Bertz CT molecular complexity index is 354. The number of nitrogens with zero attached hydrogens (tertiary/aromatic N) is 1. The third kappa shape index (κ3) is 1.64. The van der Waals surface area contributed by atoms with Gasteiger partial charge in [-0.05, 0) is 37.9 Å². The summed E-state index contributed by atoms with van der Waals surface area (Å²) in [5.74, 6) is 0.618. The van der Waals surface area contributed by atoms with Crippen molar-refractivity contribution < 1.29 is 4.74 Å². The van der Waals surface area contributed by atoms with Gasteiger partial charge < -0.3 is 10.1 Å². The second kappa shape index (κ2) is 4.15. The number of hydrogen-bond acceptors (Lipinski definition) is 3. The van der Waals surface area contributed by atoms with Gasteiger partial charge in [-0.1, -0.05) is 6.07 Å². The zero-order valence-electron chi connectivity index (χ0n) is 9.60. The van der Waals surface area contributed by atoms with Crippen LogP contribution in [0.1, 0.15) is 30.9 Å². The zero-order chi connectivity index (χ0) is 11.0. The van der Waals surface area contributed by atoms with Crippen LogP contribution in [-0.2, 0) is 4.74 Å². The van der Waals surface area contributed by atoms with Gasteiger partial charge in [0.05, 0.1) is 12.2 Å². The second-order valence-corrected chi connectivity index (χ2v) is 4.83. The van der Waals surface area contributed by atoms with Crippen LogP contribution in [0.4, 0.5) is 0 Å². The molecule has 86 valence electrons. The monoisotopic (exact) mass is 218 g/mol. The van der Waals surface area contributed by atoms with E-state index >= 15 is 0 Å². The Labute approximate surface area is 96.2 Å². The van der Waals surface area contributed by atoms with Crippen LogP contribution in [0, 0.1) is 5.92 Å². The first-order valence-electron chi connectivity index (χ1n) is 6.11. The van der Waals surface area contributed by atoms with E-state index in [0.717, 1.165) is 0 Å². The van der Waals surface area contributed by atoms with Gasteiger partial charge >= 0.3 is 0 Å². The van der Waals surface area contributed by atoms with Crippen molar-refractivity contribution in [2.75, 3.05) is 7.05 Å². The van der Waals surface area contributed by atoms with Crippen molar-refractivity contribution in [3.05, 3.63) is 30.1 Å². The van der Waals surface area contributed by atoms with Crippen LogP contribution in [-0.4, -0.2) is 24.2 Å². The van der Waals surface area contributed by atoms with E-state index in [2.05, 4.69) is 16.4 Å². The molecule has 2 saturated heterocycles. The molecule has 3 rings (SSSR count). The highest BCUT2D eigenvalue weighted by molar-refractivity contribution is 5.16. The summed E-state index contributed by atoms with van der Waals surface area (Å²) >= 11 is 0. The van der Waals surface area contributed by atoms with Crippen LogP contribution in [0.3, 0.4) is 0 Å². The molecule has 0 amide bonds. The highest BCUT2D eigenvalue weighted by Gasteiger charge is 2.44. The van der Waals surface area contributed by atoms with Gasteiger partial charge in [-0.25, -0.2) is 0 Å². The predicted octanol–water partition coefficient (Wildman–Crippen LogP) is 1.91. The molecule has 2 aliphatic rings. The summed E-state index contributed by atoms with van der Waals surface area (Å²) in [7, 11) is 2.03. The van der Waals surface area contributed by atoms with Crippen LogP contribution >= 0.6 is 0 Å². The lowest BCUT2D eigenvalue weighted by Crippen LogP contribution is -2.31. The summed E-state index contributed by atoms with van der Waals surface area (Å²) < 4.78 is 5.93. The van der Waals surface area contributed by atoms with Crippen molar-refractivity contribution in [2.24, 2.45) is 5.92 Å². The molecule has 1 aromatic rings. The van der Waals surface area contributed by atoms with E-state index in [0.29, 0.717) is 24.2 Å². The van der Waals surface area contributed by atoms with E-state index < -0.39 is 0 Å². The Morgan fingerprint density at radius 1 is 1.50 bits per heavy atom. The molecule has 1 N–H and O–H groups in total. The third-order valence-electron chi connectivity index (χ3n) is 3.94. The van der Waals surface area contributed by atoms with Crippen LogP contribution in [0.25, 0.3) is 0 Å². The maximum absolute atomic E-state index is 5.93. The van der Waals surface area contributed by atoms with Crippen molar-refractivity contribution in [3.63, 3.8) is 0 Å². The molecule has 0 spiro atoms. The van der Waals surface area contributed by atoms with E-state index in [-0.39, 0.29) is 0 Å². The molecule has 0 saturated carbocycles. The molecule has 1 aromatic heterocycles. The van der Waals surface area contributed by atoms with Crippen molar-refractivity contribution in [3.8, 4) is 0 Å². The second-order valence-electron chi connectivity index (χ2n) is 4.83. The molecule has 0 radical (unpaired) electrons. The van der Waals surface area contributed by atoms with E-state index in [1.54, 1.807) is 0 Å². The van der Waals surface area contributed by atoms with E-state index in [4.69, 9.17) is 4.74 Å². The number of pyridine rings is 1. The van der Waals surface area contributed by atoms with Crippen LogP contribution in [0.2, 0.25) is 0 Å². The Balaban J connectivity index is 1.81. The largest absolute Gasteiger partial charge is 0.375 e. The number of fused-ring (bicyclic) bond motifs is 2. The number of nitrogens with one attached hydrogen (secondary N) is 1. The first-order valence-corrected chi connectivity index (χ1v) is 6.11. The Kier molecular flexibility index (Phi) is 2.65. The quantitative estimate of drug-likeness (QED) is 0.841. The van der Waals surface area contributed by atoms with Crippen molar-refractivity contribution in [2.45, 2.75) is 37.5 Å². The number of rotatable bonds is 3. The first-order chi connectivity index (χ1) is 7.88. The maximum atomic E-state index is 5.93. The molecule has 2 bridgehead atoms. The molecule has 2 aliphatic heterocycles. The smallest absolute Gasteiger partial charge is 0.0627 e. The lowest BCUT2D eigenvalue weighted by Gasteiger charge is -2.28. The minimum Gasteiger partial charge on any atom is -0.375 e. The highest BCUT2D eigenvalue weighted by atomic mass is 16.5. The fourth-order valence-electron chi connectivity index (χ4n) is 3.22. The molecule has 4 unspecified atom stereocenters. The molecule has 0 aliphatic carbocycles. The van der Waals surface area contributed by atoms with Gasteiger partial charge in [0.1, 0.15) is 0 Å². The van der Waals surface area contributed by atoms with Gasteiger partial charge in [0.2, 0.25) is 0 Å². The van der Waals surface area contributed by atoms with Crippen molar-refractivity contribution >= 4 is 0 Å². The molecule has 4 atom stereocenters. The minimum absolute atomic E-state index is 0.393. The average Bonchev–Trinajstić information content (AvgIpc) is 2.94. The predicted molar refractivity (Wildman–Crippen MR) is 62.0 cm³/mol. The van der Waals surface area contributed by atoms with Gasteiger partial charge in [-0.3, -0.25) is 4.98 Å². The summed E-state index contributed by atoms with van der Waals surface area (Å²) in [6, 6.07) is 4.55. The SMILES string of the molecule is CNC(c1cccnc1)C1CC2CCC1O2. The fourth-order valence-corrected chi connectivity index (χ4v) is 3.22. The summed E-state index contributed by atoms with van der Waals surface area (Å²) in [5.41, 5.74) is 1.28. The first kappa shape index (κ1) is 10.2. The van der Waals surface area contributed by atoms with E-state index in [1.807, 2.05) is 25.5 Å². The van der Waals surface area contributed by atoms with Gasteiger partial charge in [-0.2, -0.15) is 0 Å². The molecule has 3 heterocycles. The van der Waals surface area contributed by atoms with E-state index in [9.17, 15) is 0 Å². The van der Waals surface area contributed by atoms with Crippen LogP contribution < -0.4 is 5.32 Å². The Morgan fingerprint density at radius 3 is 3.00 bits per heavy atom. The number of aromatic nitrogens is 1. The third-order valence-corrected chi connectivity index (χ3v) is 3.94. The zero-order valence-corrected chi connectivity index (χ0v) is 9.60. The van der Waals surface area contributed by atoms with E-state index in [1.165, 1.54) is 24.8 Å². The highest BCUT2D eigenvalue weighted by Crippen LogP contribution is 2.44. The van der Waals surface area contributed by atoms with Gasteiger partial charge in [0.25, 0.3) is 0 Å². The molecular formula is C13H18N2O. The Morgan fingerprint density at radius 2 is 2.44 bits per heavy atom. The lowest BCUT2D eigenvalue weighted by molar-refractivity contribution is 0.0863. The molecular weight excluding hydrogens is 200 g/mol. The molecule has 16 heavy (non-hydrogen) atoms. The number of ether oxygens (including phenoxy) is 1. The van der Waals surface area contributed by atoms with Gasteiger partial charge in [0.15, 0.2) is 0 Å². The normalized spacial score (nSPS) is 34.2. The summed E-state index contributed by atoms with van der Waals surface area (Å²) in [6.07, 6.45) is 8.45. The minimum atomic E-state index is 0.393. The van der Waals surface area contributed by atoms with Gasteiger partial charge in [0, 0.05) is 24.4 Å². The standard InChI is InChI=1S/C13H18N2O/c1-14-13(9-3-2-6-15-8-9)11-7-10-4-5-12(11)16-10/h2-3,6,8,10-14H,4-5,7H2,1H3. The number of hydrogen-bond donors (Lipinski definition) is 1. The topological polar surface area (TPSA) is 34.2 Å². The average molecular weight is 218 g/mol. The lowest BCUT2D eigenvalue weighted by atomic mass is 9.81. The summed E-state index contributed by atoms with van der Waals surface area (Å²) in [4.78, 5) is 4.21. The van der Waals surface area contributed by atoms with Crippen LogP contribution in [0.5, 0.6) is 0 Å². The molecule has 0 aromatic carbocycles. The Hall–Kier alpha value is -0.930. The fraction of sp³-hybridized carbons (Fsp3) is 0.615. The molecule has 2 fully saturated rings. The summed E-state index contributed by atoms with van der Waals surface area (Å²) in [5, 5.41) is 3.43. The van der Waals surface area contributed by atoms with Crippen molar-refractivity contribution in [1.82, 2.24) is 10.3 Å².